The van der Waals surface area contributed by atoms with E-state index in [1.165, 1.54) is 38.5 Å². The molecule has 0 radical (unpaired) electrons. The quantitative estimate of drug-likeness (QED) is 0.0169. The highest BCUT2D eigenvalue weighted by Crippen LogP contribution is 2.45. The Kier molecular flexibility index (Phi) is 78.2. The van der Waals surface area contributed by atoms with Crippen molar-refractivity contribution in [2.45, 2.75) is 367 Å². The molecule has 0 aromatic rings. The molecule has 17 nitrogen and oxygen atoms in total. The van der Waals surface area contributed by atoms with Crippen molar-refractivity contribution in [3.05, 3.63) is 146 Å². The first kappa shape index (κ1) is 105. The van der Waals surface area contributed by atoms with E-state index in [1.54, 1.807) is 0 Å². The van der Waals surface area contributed by atoms with Gasteiger partial charge in [0.05, 0.1) is 26.4 Å². The number of phosphoric acid groups is 2. The van der Waals surface area contributed by atoms with Crippen LogP contribution in [0.2, 0.25) is 0 Å². The van der Waals surface area contributed by atoms with E-state index in [4.69, 9.17) is 37.0 Å². The van der Waals surface area contributed by atoms with Gasteiger partial charge in [-0.25, -0.2) is 9.13 Å². The van der Waals surface area contributed by atoms with E-state index in [0.717, 1.165) is 231 Å². The monoisotopic (exact) mass is 1580 g/mol. The topological polar surface area (TPSA) is 237 Å². The summed E-state index contributed by atoms with van der Waals surface area (Å²) in [5, 5.41) is 10.7. The molecule has 0 spiro atoms. The Balaban J connectivity index is 5.40. The molecule has 0 aliphatic rings. The highest BCUT2D eigenvalue weighted by molar-refractivity contribution is 7.47. The zero-order valence-corrected chi connectivity index (χ0v) is 70.9. The van der Waals surface area contributed by atoms with E-state index >= 15 is 0 Å². The van der Waals surface area contributed by atoms with Crippen molar-refractivity contribution in [1.29, 1.82) is 0 Å². The van der Waals surface area contributed by atoms with E-state index in [1.807, 2.05) is 0 Å². The molecule has 0 amide bonds. The summed E-state index contributed by atoms with van der Waals surface area (Å²) in [4.78, 5) is 73.3. The molecule has 3 N–H and O–H groups in total. The summed E-state index contributed by atoms with van der Waals surface area (Å²) < 4.78 is 68.8. The number of rotatable bonds is 80. The van der Waals surface area contributed by atoms with Crippen molar-refractivity contribution in [1.82, 2.24) is 0 Å². The standard InChI is InChI=1S/C91H154O17P2/c1-5-9-13-17-21-25-29-33-36-39-42-45-48-52-55-59-63-67-71-75-88(93)101-81-86(107-90(95)77-73-69-65-61-57-51-32-28-24-20-16-12-8-4)83-105-109(97,98)103-79-85(92)80-104-110(99,100)106-84-87(108-91(96)78-74-70-66-62-58-54-50-47-44-41-38-35-31-27-23-19-15-11-7-3)82-102-89(94)76-72-68-64-60-56-53-49-46-43-40-37-34-30-26-22-18-14-10-6-2/h9,13,16,20-23,25-28,32-38,42-47,85-87,92H,5-8,10-12,14-15,17-19,24,29-31,39-41,48-84H2,1-4H3,(H,97,98)(H,99,100)/b13-9-,20-16-,25-21-,26-22-,27-23-,32-28-,36-33-,37-34-,38-35-,45-42-,46-43-,47-44-. The number of hydrogen-bond acceptors (Lipinski definition) is 15. The lowest BCUT2D eigenvalue weighted by atomic mass is 10.1. The van der Waals surface area contributed by atoms with Crippen molar-refractivity contribution in [3.63, 3.8) is 0 Å². The second-order valence-corrected chi connectivity index (χ2v) is 31.3. The second kappa shape index (κ2) is 81.9. The van der Waals surface area contributed by atoms with Crippen LogP contribution in [0.5, 0.6) is 0 Å². The average molecular weight is 1580 g/mol. The molecule has 0 aromatic carbocycles. The molecule has 110 heavy (non-hydrogen) atoms. The van der Waals surface area contributed by atoms with E-state index < -0.39 is 97.5 Å². The van der Waals surface area contributed by atoms with Gasteiger partial charge in [-0.3, -0.25) is 37.3 Å². The first-order valence-corrected chi connectivity index (χ1v) is 46.1. The van der Waals surface area contributed by atoms with Crippen LogP contribution >= 0.6 is 15.6 Å². The number of phosphoric ester groups is 2. The van der Waals surface area contributed by atoms with Gasteiger partial charge in [-0.15, -0.1) is 0 Å². The molecule has 5 atom stereocenters. The highest BCUT2D eigenvalue weighted by Gasteiger charge is 2.30. The minimum atomic E-state index is -5.00. The largest absolute Gasteiger partial charge is 0.472 e. The van der Waals surface area contributed by atoms with Crippen molar-refractivity contribution in [2.75, 3.05) is 39.6 Å². The summed E-state index contributed by atoms with van der Waals surface area (Å²) in [7, 11) is -9.99. The van der Waals surface area contributed by atoms with Gasteiger partial charge in [0.2, 0.25) is 0 Å². The van der Waals surface area contributed by atoms with Gasteiger partial charge in [0.1, 0.15) is 19.3 Å². The van der Waals surface area contributed by atoms with E-state index in [0.29, 0.717) is 25.7 Å². The Morgan fingerprint density at radius 3 is 0.764 bits per heavy atom. The normalized spacial score (nSPS) is 14.5. The van der Waals surface area contributed by atoms with Crippen LogP contribution in [0.1, 0.15) is 349 Å². The van der Waals surface area contributed by atoms with Gasteiger partial charge in [0.15, 0.2) is 12.2 Å². The maximum Gasteiger partial charge on any atom is 0.472 e. The van der Waals surface area contributed by atoms with Crippen LogP contribution < -0.4 is 0 Å². The van der Waals surface area contributed by atoms with E-state index in [-0.39, 0.29) is 25.7 Å². The predicted octanol–water partition coefficient (Wildman–Crippen LogP) is 25.8. The third-order valence-electron chi connectivity index (χ3n) is 17.7. The Morgan fingerprint density at radius 1 is 0.264 bits per heavy atom. The number of esters is 4. The number of carbonyl (C=O) groups excluding carboxylic acids is 4. The van der Waals surface area contributed by atoms with Gasteiger partial charge in [0.25, 0.3) is 0 Å². The SMILES string of the molecule is CC/C=C\C/C=C\C/C=C\C/C=C\CCCCCCCCC(=O)OCC(COP(=O)(O)OCC(O)COP(=O)(O)OCC(COC(=O)CCCCCCCC/C=C\C/C=C\C/C=C\CCCCC)OC(=O)CCCCCCCC/C=C\C/C=C\C/C=C\CCCCC)OC(=O)CCCCCCC/C=C\C/C=C\CCC. The number of ether oxygens (including phenoxy) is 4. The summed E-state index contributed by atoms with van der Waals surface area (Å²) in [6, 6.07) is 0. The molecule has 5 unspecified atom stereocenters. The van der Waals surface area contributed by atoms with Crippen molar-refractivity contribution in [2.24, 2.45) is 0 Å². The van der Waals surface area contributed by atoms with Gasteiger partial charge < -0.3 is 33.8 Å². The molecular weight excluding hydrogens is 1430 g/mol. The zero-order valence-electron chi connectivity index (χ0n) is 69.1. The first-order chi connectivity index (χ1) is 53.7. The number of aliphatic hydroxyl groups is 1. The summed E-state index contributed by atoms with van der Waals surface area (Å²) in [6.45, 7) is 4.62. The van der Waals surface area contributed by atoms with Crippen LogP contribution in [-0.4, -0.2) is 96.7 Å². The van der Waals surface area contributed by atoms with Gasteiger partial charge >= 0.3 is 39.5 Å². The van der Waals surface area contributed by atoms with Gasteiger partial charge in [0, 0.05) is 25.7 Å². The Labute approximate surface area is 668 Å². The summed E-state index contributed by atoms with van der Waals surface area (Å²) in [6.07, 6.45) is 95.1. The average Bonchev–Trinajstić information content (AvgIpc) is 0.942. The number of hydrogen-bond donors (Lipinski definition) is 3. The fourth-order valence-corrected chi connectivity index (χ4v) is 12.8. The molecule has 0 aliphatic carbocycles. The fourth-order valence-electron chi connectivity index (χ4n) is 11.2. The number of unbranched alkanes of at least 4 members (excludes halogenated alkanes) is 30. The minimum Gasteiger partial charge on any atom is -0.462 e. The molecule has 630 valence electrons. The fraction of sp³-hybridized carbons (Fsp3) is 0.692. The first-order valence-electron chi connectivity index (χ1n) is 43.1. The lowest BCUT2D eigenvalue weighted by Gasteiger charge is -2.21. The molecule has 0 aliphatic heterocycles. The molecule has 0 aromatic heterocycles. The smallest absolute Gasteiger partial charge is 0.462 e. The molecular formula is C91H154O17P2. The molecule has 0 rings (SSSR count). The maximum atomic E-state index is 13.2. The number of aliphatic hydroxyl groups excluding tert-OH is 1. The molecule has 0 saturated heterocycles. The Hall–Kier alpha value is -5.06. The van der Waals surface area contributed by atoms with Crippen LogP contribution in [0.25, 0.3) is 0 Å². The molecule has 0 bridgehead atoms. The van der Waals surface area contributed by atoms with Crippen LogP contribution in [-0.2, 0) is 65.4 Å². The third kappa shape index (κ3) is 81.0. The van der Waals surface area contributed by atoms with Crippen LogP contribution in [0.15, 0.2) is 146 Å². The summed E-state index contributed by atoms with van der Waals surface area (Å²) in [5.74, 6) is -2.23. The Morgan fingerprint density at radius 2 is 0.491 bits per heavy atom. The number of carbonyl (C=O) groups is 4. The third-order valence-corrected chi connectivity index (χ3v) is 19.6. The van der Waals surface area contributed by atoms with E-state index in [9.17, 15) is 43.2 Å². The minimum absolute atomic E-state index is 0.0714. The van der Waals surface area contributed by atoms with Crippen molar-refractivity contribution >= 4 is 39.5 Å². The lowest BCUT2D eigenvalue weighted by molar-refractivity contribution is -0.161. The second-order valence-electron chi connectivity index (χ2n) is 28.4. The van der Waals surface area contributed by atoms with Gasteiger partial charge in [-0.05, 0) is 167 Å². The van der Waals surface area contributed by atoms with Crippen LogP contribution in [0, 0.1) is 0 Å². The highest BCUT2D eigenvalue weighted by atomic mass is 31.2. The lowest BCUT2D eigenvalue weighted by Crippen LogP contribution is -2.30. The predicted molar refractivity (Wildman–Crippen MR) is 454 cm³/mol. The molecule has 0 fully saturated rings. The van der Waals surface area contributed by atoms with Crippen LogP contribution in [0.4, 0.5) is 0 Å². The molecule has 0 saturated carbocycles. The zero-order chi connectivity index (χ0) is 80.3. The molecule has 0 heterocycles. The van der Waals surface area contributed by atoms with Gasteiger partial charge in [-0.1, -0.05) is 302 Å². The number of allylic oxidation sites excluding steroid dienone is 24. The Bertz CT molecular complexity index is 2650. The van der Waals surface area contributed by atoms with E-state index in [2.05, 4.69) is 174 Å². The molecule has 19 heteroatoms. The van der Waals surface area contributed by atoms with Gasteiger partial charge in [-0.2, -0.15) is 0 Å². The summed E-state index contributed by atoms with van der Waals surface area (Å²) in [5.41, 5.74) is 0. The maximum absolute atomic E-state index is 13.2. The van der Waals surface area contributed by atoms with Crippen LogP contribution in [0.3, 0.4) is 0 Å². The summed E-state index contributed by atoms with van der Waals surface area (Å²) >= 11 is 0. The van der Waals surface area contributed by atoms with Crippen molar-refractivity contribution in [3.8, 4) is 0 Å². The van der Waals surface area contributed by atoms with Crippen molar-refractivity contribution < 1.29 is 80.2 Å².